The first kappa shape index (κ1) is 17.6. The molecule has 1 aromatic heterocycles. The van der Waals surface area contributed by atoms with E-state index in [1.807, 2.05) is 18.2 Å². The molecular formula is C17H11Cl3N2O3. The van der Waals surface area contributed by atoms with Crippen LogP contribution in [0.3, 0.4) is 0 Å². The number of anilines is 1. The van der Waals surface area contributed by atoms with Crippen LogP contribution in [0.25, 0.3) is 11.3 Å². The number of carbonyl (C=O) groups excluding carboxylic acids is 1. The second-order valence-electron chi connectivity index (χ2n) is 4.99. The highest BCUT2D eigenvalue weighted by atomic mass is 35.5. The van der Waals surface area contributed by atoms with Crippen LogP contribution in [-0.4, -0.2) is 11.2 Å². The molecule has 3 aromatic rings. The van der Waals surface area contributed by atoms with E-state index in [-0.39, 0.29) is 6.61 Å². The Morgan fingerprint density at radius 1 is 1.08 bits per heavy atom. The van der Waals surface area contributed by atoms with Gasteiger partial charge in [0.1, 0.15) is 12.3 Å². The first-order valence-electron chi connectivity index (χ1n) is 7.12. The largest absolute Gasteiger partial charge is 0.443 e. The second-order valence-corrected chi connectivity index (χ2v) is 6.24. The summed E-state index contributed by atoms with van der Waals surface area (Å²) in [5.41, 5.74) is 1.56. The highest BCUT2D eigenvalue weighted by Gasteiger charge is 2.12. The molecule has 8 heteroatoms. The Morgan fingerprint density at radius 3 is 2.64 bits per heavy atom. The topological polar surface area (TPSA) is 64.4 Å². The van der Waals surface area contributed by atoms with E-state index in [0.717, 1.165) is 0 Å². The summed E-state index contributed by atoms with van der Waals surface area (Å²) in [6.07, 6.45) is -0.675. The molecule has 1 N–H and O–H groups in total. The average Bonchev–Trinajstić information content (AvgIpc) is 3.05. The van der Waals surface area contributed by atoms with E-state index in [0.29, 0.717) is 37.8 Å². The molecule has 0 unspecified atom stereocenters. The van der Waals surface area contributed by atoms with Crippen molar-refractivity contribution in [1.29, 1.82) is 0 Å². The summed E-state index contributed by atoms with van der Waals surface area (Å²) in [4.78, 5) is 11.8. The molecule has 0 saturated heterocycles. The van der Waals surface area contributed by atoms with Crippen molar-refractivity contribution < 1.29 is 14.1 Å². The number of halogens is 3. The van der Waals surface area contributed by atoms with Gasteiger partial charge in [0.25, 0.3) is 0 Å². The normalized spacial score (nSPS) is 10.5. The predicted molar refractivity (Wildman–Crippen MR) is 97.2 cm³/mol. The Balaban J connectivity index is 1.60. The maximum absolute atomic E-state index is 11.8. The minimum absolute atomic E-state index is 0.0645. The van der Waals surface area contributed by atoms with Crippen molar-refractivity contribution in [1.82, 2.24) is 5.16 Å². The fourth-order valence-electron chi connectivity index (χ4n) is 2.04. The SMILES string of the molecule is O=C(Nc1ccc(Cl)cc1Cl)OCc1cc(-c2ccccc2Cl)on1. The Kier molecular flexibility index (Phi) is 5.48. The lowest BCUT2D eigenvalue weighted by Gasteiger charge is -2.07. The van der Waals surface area contributed by atoms with Crippen LogP contribution in [0, 0.1) is 0 Å². The molecule has 0 radical (unpaired) electrons. The first-order chi connectivity index (χ1) is 12.0. The Bertz CT molecular complexity index is 912. The quantitative estimate of drug-likeness (QED) is 0.582. The van der Waals surface area contributed by atoms with Gasteiger partial charge >= 0.3 is 6.09 Å². The lowest BCUT2D eigenvalue weighted by Crippen LogP contribution is -2.13. The Hall–Kier alpha value is -2.21. The summed E-state index contributed by atoms with van der Waals surface area (Å²) in [5, 5.41) is 7.71. The summed E-state index contributed by atoms with van der Waals surface area (Å²) in [6.45, 7) is -0.0645. The van der Waals surface area contributed by atoms with E-state index in [1.54, 1.807) is 24.3 Å². The van der Waals surface area contributed by atoms with Crippen molar-refractivity contribution in [2.45, 2.75) is 6.61 Å². The third-order valence-electron chi connectivity index (χ3n) is 3.22. The summed E-state index contributed by atoms with van der Waals surface area (Å²) in [5.74, 6) is 0.491. The molecule has 0 spiro atoms. The molecule has 0 saturated carbocycles. The van der Waals surface area contributed by atoms with Crippen LogP contribution in [0.15, 0.2) is 53.1 Å². The van der Waals surface area contributed by atoms with E-state index < -0.39 is 6.09 Å². The minimum atomic E-state index is -0.675. The summed E-state index contributed by atoms with van der Waals surface area (Å²) in [7, 11) is 0. The zero-order valence-electron chi connectivity index (χ0n) is 12.6. The number of hydrogen-bond donors (Lipinski definition) is 1. The third kappa shape index (κ3) is 4.45. The maximum Gasteiger partial charge on any atom is 0.412 e. The molecule has 3 rings (SSSR count). The standard InChI is InChI=1S/C17H11Cl3N2O3/c18-10-5-6-15(14(20)7-10)21-17(23)24-9-11-8-16(25-22-11)12-3-1-2-4-13(12)19/h1-8H,9H2,(H,21,23). The molecule has 0 atom stereocenters. The van der Waals surface area contributed by atoms with Gasteiger partial charge in [0, 0.05) is 16.7 Å². The molecule has 2 aromatic carbocycles. The van der Waals surface area contributed by atoms with Crippen molar-refractivity contribution in [2.75, 3.05) is 5.32 Å². The van der Waals surface area contributed by atoms with Crippen LogP contribution in [0.4, 0.5) is 10.5 Å². The van der Waals surface area contributed by atoms with Crippen molar-refractivity contribution in [3.63, 3.8) is 0 Å². The van der Waals surface area contributed by atoms with Gasteiger partial charge in [-0.1, -0.05) is 52.1 Å². The zero-order chi connectivity index (χ0) is 17.8. The summed E-state index contributed by atoms with van der Waals surface area (Å²) in [6, 6.07) is 13.6. The summed E-state index contributed by atoms with van der Waals surface area (Å²) < 4.78 is 10.3. The number of carbonyl (C=O) groups is 1. The van der Waals surface area contributed by atoms with Crippen LogP contribution in [0.1, 0.15) is 5.69 Å². The first-order valence-corrected chi connectivity index (χ1v) is 8.25. The van der Waals surface area contributed by atoms with Gasteiger partial charge in [-0.2, -0.15) is 0 Å². The predicted octanol–water partition coefficient (Wildman–Crippen LogP) is 6.05. The monoisotopic (exact) mass is 396 g/mol. The van der Waals surface area contributed by atoms with Gasteiger partial charge in [0.15, 0.2) is 5.76 Å². The molecule has 1 heterocycles. The second kappa shape index (κ2) is 7.78. The van der Waals surface area contributed by atoms with Crippen molar-refractivity contribution in [2.24, 2.45) is 0 Å². The molecule has 5 nitrogen and oxygen atoms in total. The molecule has 0 aliphatic rings. The van der Waals surface area contributed by atoms with Crippen LogP contribution in [0.2, 0.25) is 15.1 Å². The lowest BCUT2D eigenvalue weighted by atomic mass is 10.1. The fourth-order valence-corrected chi connectivity index (χ4v) is 2.73. The van der Waals surface area contributed by atoms with Crippen LogP contribution in [-0.2, 0) is 11.3 Å². The zero-order valence-corrected chi connectivity index (χ0v) is 14.9. The molecule has 25 heavy (non-hydrogen) atoms. The number of ether oxygens (including phenoxy) is 1. The van der Waals surface area contributed by atoms with E-state index in [1.165, 1.54) is 6.07 Å². The Labute approximate surface area is 158 Å². The molecule has 0 aliphatic carbocycles. The number of benzene rings is 2. The van der Waals surface area contributed by atoms with E-state index in [4.69, 9.17) is 44.1 Å². The summed E-state index contributed by atoms with van der Waals surface area (Å²) >= 11 is 17.9. The number of aromatic nitrogens is 1. The van der Waals surface area contributed by atoms with Gasteiger partial charge in [-0.15, -0.1) is 0 Å². The maximum atomic E-state index is 11.8. The Morgan fingerprint density at radius 2 is 1.88 bits per heavy atom. The van der Waals surface area contributed by atoms with Crippen molar-refractivity contribution in [3.05, 3.63) is 69.3 Å². The number of rotatable bonds is 4. The number of amides is 1. The van der Waals surface area contributed by atoms with Gasteiger partial charge in [0.2, 0.25) is 0 Å². The molecular weight excluding hydrogens is 387 g/mol. The van der Waals surface area contributed by atoms with Crippen LogP contribution < -0.4 is 5.32 Å². The van der Waals surface area contributed by atoms with E-state index in [2.05, 4.69) is 10.5 Å². The van der Waals surface area contributed by atoms with Crippen LogP contribution in [0.5, 0.6) is 0 Å². The van der Waals surface area contributed by atoms with Gasteiger partial charge in [-0.25, -0.2) is 4.79 Å². The molecule has 0 fully saturated rings. The number of hydrogen-bond acceptors (Lipinski definition) is 4. The van der Waals surface area contributed by atoms with Gasteiger partial charge in [0.05, 0.1) is 15.7 Å². The van der Waals surface area contributed by atoms with E-state index in [9.17, 15) is 4.79 Å². The number of nitrogens with zero attached hydrogens (tertiary/aromatic N) is 1. The van der Waals surface area contributed by atoms with Gasteiger partial charge in [-0.3, -0.25) is 5.32 Å². The van der Waals surface area contributed by atoms with Crippen molar-refractivity contribution in [3.8, 4) is 11.3 Å². The van der Waals surface area contributed by atoms with Gasteiger partial charge in [-0.05, 0) is 30.3 Å². The lowest BCUT2D eigenvalue weighted by molar-refractivity contribution is 0.152. The molecule has 0 bridgehead atoms. The molecule has 128 valence electrons. The smallest absolute Gasteiger partial charge is 0.412 e. The highest BCUT2D eigenvalue weighted by Crippen LogP contribution is 2.28. The third-order valence-corrected chi connectivity index (χ3v) is 4.09. The fraction of sp³-hybridized carbons (Fsp3) is 0.0588. The van der Waals surface area contributed by atoms with E-state index >= 15 is 0 Å². The molecule has 0 aliphatic heterocycles. The van der Waals surface area contributed by atoms with Gasteiger partial charge < -0.3 is 9.26 Å². The minimum Gasteiger partial charge on any atom is -0.443 e. The van der Waals surface area contributed by atoms with Crippen LogP contribution >= 0.6 is 34.8 Å². The highest BCUT2D eigenvalue weighted by molar-refractivity contribution is 6.36. The number of nitrogens with one attached hydrogen (secondary N) is 1. The molecule has 1 amide bonds. The average molecular weight is 398 g/mol. The van der Waals surface area contributed by atoms with Crippen molar-refractivity contribution >= 4 is 46.6 Å².